The average molecular weight is 451 g/mol. The molecule has 0 saturated heterocycles. The fourth-order valence-corrected chi connectivity index (χ4v) is 4.41. The summed E-state index contributed by atoms with van der Waals surface area (Å²) in [6.07, 6.45) is 0.521. The van der Waals surface area contributed by atoms with Crippen molar-refractivity contribution < 1.29 is 23.5 Å². The Kier molecular flexibility index (Phi) is 5.32. The molecule has 2 amide bonds. The largest absolute Gasteiger partial charge is 0.454 e. The number of rotatable bonds is 5. The van der Waals surface area contributed by atoms with Gasteiger partial charge >= 0.3 is 0 Å². The van der Waals surface area contributed by atoms with E-state index in [1.54, 1.807) is 17.4 Å². The third-order valence-electron chi connectivity index (χ3n) is 5.27. The molecule has 1 unspecified atom stereocenters. The van der Waals surface area contributed by atoms with Crippen molar-refractivity contribution in [2.24, 2.45) is 5.10 Å². The zero-order valence-electron chi connectivity index (χ0n) is 16.8. The molecule has 0 aliphatic carbocycles. The van der Waals surface area contributed by atoms with Crippen molar-refractivity contribution in [2.45, 2.75) is 12.5 Å². The number of nitrogens with one attached hydrogen (secondary N) is 1. The Morgan fingerprint density at radius 1 is 1.12 bits per heavy atom. The van der Waals surface area contributed by atoms with Crippen LogP contribution in [0.1, 0.15) is 33.3 Å². The van der Waals surface area contributed by atoms with Gasteiger partial charge in [0.25, 0.3) is 11.8 Å². The molecular weight excluding hydrogens is 433 g/mol. The quantitative estimate of drug-likeness (QED) is 0.641. The SMILES string of the molecule is O=C(NCC(=O)N1N=C(c2cccs2)CC1c1ccc2c(c1)OCO2)c1ccccc1F. The highest BCUT2D eigenvalue weighted by atomic mass is 32.1. The molecule has 1 N–H and O–H groups in total. The third-order valence-corrected chi connectivity index (χ3v) is 6.19. The molecule has 2 aliphatic rings. The summed E-state index contributed by atoms with van der Waals surface area (Å²) in [5.41, 5.74) is 1.52. The lowest BCUT2D eigenvalue weighted by Gasteiger charge is -2.22. The molecule has 3 heterocycles. The maximum atomic E-state index is 13.9. The molecule has 0 saturated carbocycles. The first-order valence-corrected chi connectivity index (χ1v) is 10.8. The molecule has 7 nitrogen and oxygen atoms in total. The number of fused-ring (bicyclic) bond motifs is 1. The zero-order chi connectivity index (χ0) is 22.1. The van der Waals surface area contributed by atoms with Crippen molar-refractivity contribution in [2.75, 3.05) is 13.3 Å². The predicted molar refractivity (Wildman–Crippen MR) is 116 cm³/mol. The van der Waals surface area contributed by atoms with E-state index in [9.17, 15) is 14.0 Å². The lowest BCUT2D eigenvalue weighted by atomic mass is 10.0. The van der Waals surface area contributed by atoms with Gasteiger partial charge in [-0.1, -0.05) is 24.3 Å². The molecule has 2 aromatic carbocycles. The number of hydrazone groups is 1. The number of nitrogens with zero attached hydrogens (tertiary/aromatic N) is 2. The van der Waals surface area contributed by atoms with E-state index in [4.69, 9.17) is 9.47 Å². The zero-order valence-corrected chi connectivity index (χ0v) is 17.6. The van der Waals surface area contributed by atoms with Crippen molar-refractivity contribution in [1.29, 1.82) is 0 Å². The number of hydrogen-bond donors (Lipinski definition) is 1. The van der Waals surface area contributed by atoms with E-state index in [0.717, 1.165) is 16.2 Å². The van der Waals surface area contributed by atoms with Crippen LogP contribution in [0.15, 0.2) is 65.1 Å². The van der Waals surface area contributed by atoms with Crippen LogP contribution in [0.5, 0.6) is 11.5 Å². The second kappa shape index (κ2) is 8.43. The number of thiophene rings is 1. The molecule has 2 aliphatic heterocycles. The van der Waals surface area contributed by atoms with Crippen molar-refractivity contribution in [1.82, 2.24) is 10.3 Å². The number of ether oxygens (including phenoxy) is 2. The van der Waals surface area contributed by atoms with Crippen molar-refractivity contribution >= 4 is 28.9 Å². The molecule has 1 aromatic heterocycles. The summed E-state index contributed by atoms with van der Waals surface area (Å²) in [5, 5.41) is 10.4. The summed E-state index contributed by atoms with van der Waals surface area (Å²) in [5.74, 6) is -0.426. The summed E-state index contributed by atoms with van der Waals surface area (Å²) in [7, 11) is 0. The Hall–Kier alpha value is -3.72. The summed E-state index contributed by atoms with van der Waals surface area (Å²) < 4.78 is 24.7. The van der Waals surface area contributed by atoms with Crippen LogP contribution in [0.25, 0.3) is 0 Å². The van der Waals surface area contributed by atoms with Crippen LogP contribution in [0.3, 0.4) is 0 Å². The van der Waals surface area contributed by atoms with Gasteiger partial charge in [-0.2, -0.15) is 5.10 Å². The molecule has 32 heavy (non-hydrogen) atoms. The minimum Gasteiger partial charge on any atom is -0.454 e. The Morgan fingerprint density at radius 2 is 1.97 bits per heavy atom. The number of halogens is 1. The second-order valence-corrected chi connectivity index (χ2v) is 8.21. The topological polar surface area (TPSA) is 80.2 Å². The number of benzene rings is 2. The van der Waals surface area contributed by atoms with Gasteiger partial charge in [0, 0.05) is 6.42 Å². The fourth-order valence-electron chi connectivity index (χ4n) is 3.69. The molecule has 0 bridgehead atoms. The van der Waals surface area contributed by atoms with Crippen LogP contribution >= 0.6 is 11.3 Å². The second-order valence-electron chi connectivity index (χ2n) is 7.26. The number of carbonyl (C=O) groups is 2. The molecule has 0 fully saturated rings. The van der Waals surface area contributed by atoms with Crippen LogP contribution in [0.2, 0.25) is 0 Å². The lowest BCUT2D eigenvalue weighted by Crippen LogP contribution is -2.38. The van der Waals surface area contributed by atoms with Crippen LogP contribution in [-0.2, 0) is 4.79 Å². The molecule has 3 aromatic rings. The third kappa shape index (κ3) is 3.82. The Balaban J connectivity index is 1.37. The molecule has 162 valence electrons. The molecular formula is C23H18FN3O4S. The van der Waals surface area contributed by atoms with Gasteiger partial charge in [0.1, 0.15) is 5.82 Å². The fraction of sp³-hybridized carbons (Fsp3) is 0.174. The molecule has 0 radical (unpaired) electrons. The minimum atomic E-state index is -0.655. The summed E-state index contributed by atoms with van der Waals surface area (Å²) in [4.78, 5) is 26.4. The van der Waals surface area contributed by atoms with Crippen LogP contribution in [0, 0.1) is 5.82 Å². The van der Waals surface area contributed by atoms with Gasteiger partial charge < -0.3 is 14.8 Å². The highest BCUT2D eigenvalue weighted by molar-refractivity contribution is 7.12. The van der Waals surface area contributed by atoms with E-state index >= 15 is 0 Å². The molecule has 9 heteroatoms. The maximum Gasteiger partial charge on any atom is 0.262 e. The number of carbonyl (C=O) groups excluding carboxylic acids is 2. The summed E-state index contributed by atoms with van der Waals surface area (Å²) >= 11 is 1.54. The van der Waals surface area contributed by atoms with Gasteiger partial charge in [0.2, 0.25) is 6.79 Å². The predicted octanol–water partition coefficient (Wildman–Crippen LogP) is 3.72. The van der Waals surface area contributed by atoms with Crippen molar-refractivity contribution in [3.8, 4) is 11.5 Å². The highest BCUT2D eigenvalue weighted by Crippen LogP contribution is 2.39. The van der Waals surface area contributed by atoms with E-state index < -0.39 is 17.6 Å². The Bertz CT molecular complexity index is 1210. The van der Waals surface area contributed by atoms with Crippen LogP contribution in [0.4, 0.5) is 4.39 Å². The van der Waals surface area contributed by atoms with Crippen molar-refractivity contribution in [3.05, 3.63) is 81.8 Å². The maximum absolute atomic E-state index is 13.9. The van der Waals surface area contributed by atoms with Gasteiger partial charge in [-0.25, -0.2) is 9.40 Å². The van der Waals surface area contributed by atoms with Gasteiger partial charge in [0.05, 0.1) is 28.7 Å². The monoisotopic (exact) mass is 451 g/mol. The first kappa shape index (κ1) is 20.2. The van der Waals surface area contributed by atoms with E-state index in [0.29, 0.717) is 17.9 Å². The minimum absolute atomic E-state index is 0.114. The van der Waals surface area contributed by atoms with Gasteiger partial charge in [-0.05, 0) is 41.3 Å². The first-order valence-electron chi connectivity index (χ1n) is 9.96. The number of amides is 2. The van der Waals surface area contributed by atoms with Gasteiger partial charge in [-0.3, -0.25) is 9.59 Å². The number of hydrogen-bond acceptors (Lipinski definition) is 6. The normalized spacial score (nSPS) is 16.7. The Labute approximate surface area is 187 Å². The first-order chi connectivity index (χ1) is 15.6. The van der Waals surface area contributed by atoms with Crippen LogP contribution < -0.4 is 14.8 Å². The van der Waals surface area contributed by atoms with Crippen LogP contribution in [-0.4, -0.2) is 35.9 Å². The van der Waals surface area contributed by atoms with E-state index in [-0.39, 0.29) is 24.9 Å². The Morgan fingerprint density at radius 3 is 2.78 bits per heavy atom. The summed E-state index contributed by atoms with van der Waals surface area (Å²) in [6, 6.07) is 14.7. The van der Waals surface area contributed by atoms with Gasteiger partial charge in [0.15, 0.2) is 11.5 Å². The molecule has 0 spiro atoms. The average Bonchev–Trinajstić information content (AvgIpc) is 3.57. The van der Waals surface area contributed by atoms with Crippen molar-refractivity contribution in [3.63, 3.8) is 0 Å². The van der Waals surface area contributed by atoms with E-state index in [1.165, 1.54) is 23.2 Å². The lowest BCUT2D eigenvalue weighted by molar-refractivity contribution is -0.131. The summed E-state index contributed by atoms with van der Waals surface area (Å²) in [6.45, 7) is -0.152. The standard InChI is InChI=1S/C23H18FN3O4S/c24-16-5-2-1-4-15(16)23(29)25-12-22(28)27-18(11-17(26-27)21-6-3-9-32-21)14-7-8-19-20(10-14)31-13-30-19/h1-10,18H,11-13H2,(H,25,29). The molecule has 5 rings (SSSR count). The molecule has 1 atom stereocenters. The van der Waals surface area contributed by atoms with Gasteiger partial charge in [-0.15, -0.1) is 11.3 Å². The van der Waals surface area contributed by atoms with E-state index in [1.807, 2.05) is 35.7 Å². The highest BCUT2D eigenvalue weighted by Gasteiger charge is 2.34. The van der Waals surface area contributed by atoms with E-state index in [2.05, 4.69) is 10.4 Å². The smallest absolute Gasteiger partial charge is 0.262 e.